The topological polar surface area (TPSA) is 76.7 Å². The monoisotopic (exact) mass is 337 g/mol. The van der Waals surface area contributed by atoms with E-state index in [-0.39, 0.29) is 5.82 Å². The molecule has 0 atom stereocenters. The summed E-state index contributed by atoms with van der Waals surface area (Å²) in [7, 11) is 0. The van der Waals surface area contributed by atoms with Crippen molar-refractivity contribution < 1.29 is 8.91 Å². The third-order valence-electron chi connectivity index (χ3n) is 2.63. The smallest absolute Gasteiger partial charge is 0.237 e. The zero-order valence-corrected chi connectivity index (χ0v) is 13.2. The Hall–Kier alpha value is -2.00. The standard InChI is InChI=1S/C13H12FN5OS2/c1-2-10-16-11(20-19-10)7-21-13-18-17-12(22-13)15-9-5-3-4-8(14)6-9/h3-6H,2,7H2,1H3,(H,15,17). The summed E-state index contributed by atoms with van der Waals surface area (Å²) in [5, 5.41) is 15.5. The largest absolute Gasteiger partial charge is 0.338 e. The lowest BCUT2D eigenvalue weighted by molar-refractivity contribution is 0.385. The zero-order valence-electron chi connectivity index (χ0n) is 11.6. The van der Waals surface area contributed by atoms with E-state index in [4.69, 9.17) is 4.52 Å². The maximum absolute atomic E-state index is 13.1. The van der Waals surface area contributed by atoms with Crippen LogP contribution in [0.3, 0.4) is 0 Å². The van der Waals surface area contributed by atoms with Crippen LogP contribution in [0.5, 0.6) is 0 Å². The summed E-state index contributed by atoms with van der Waals surface area (Å²) < 4.78 is 19.0. The van der Waals surface area contributed by atoms with Gasteiger partial charge >= 0.3 is 0 Å². The van der Waals surface area contributed by atoms with Crippen molar-refractivity contribution in [2.45, 2.75) is 23.4 Å². The van der Waals surface area contributed by atoms with Gasteiger partial charge in [-0.25, -0.2) is 4.39 Å². The molecule has 0 aliphatic carbocycles. The molecule has 2 aromatic heterocycles. The lowest BCUT2D eigenvalue weighted by atomic mass is 10.3. The van der Waals surface area contributed by atoms with Gasteiger partial charge in [0.15, 0.2) is 10.2 Å². The van der Waals surface area contributed by atoms with Crippen LogP contribution in [0.1, 0.15) is 18.6 Å². The number of aryl methyl sites for hydroxylation is 1. The first-order chi connectivity index (χ1) is 10.7. The lowest BCUT2D eigenvalue weighted by Gasteiger charge is -2.00. The van der Waals surface area contributed by atoms with Crippen molar-refractivity contribution in [1.82, 2.24) is 20.3 Å². The summed E-state index contributed by atoms with van der Waals surface area (Å²) in [4.78, 5) is 4.23. The van der Waals surface area contributed by atoms with Crippen LogP contribution in [0.2, 0.25) is 0 Å². The highest BCUT2D eigenvalue weighted by Crippen LogP contribution is 2.29. The molecule has 3 aromatic rings. The van der Waals surface area contributed by atoms with Crippen molar-refractivity contribution in [3.63, 3.8) is 0 Å². The number of nitrogens with one attached hydrogen (secondary N) is 1. The number of halogens is 1. The highest BCUT2D eigenvalue weighted by atomic mass is 32.2. The van der Waals surface area contributed by atoms with Crippen LogP contribution in [0.25, 0.3) is 0 Å². The molecule has 0 saturated heterocycles. The van der Waals surface area contributed by atoms with E-state index in [1.807, 2.05) is 6.92 Å². The Balaban J connectivity index is 1.59. The maximum Gasteiger partial charge on any atom is 0.237 e. The summed E-state index contributed by atoms with van der Waals surface area (Å²) in [6.07, 6.45) is 0.745. The van der Waals surface area contributed by atoms with E-state index in [0.717, 1.165) is 10.8 Å². The van der Waals surface area contributed by atoms with Crippen molar-refractivity contribution in [1.29, 1.82) is 0 Å². The molecule has 3 rings (SSSR count). The second kappa shape index (κ2) is 6.84. The first-order valence-electron chi connectivity index (χ1n) is 6.53. The number of anilines is 2. The number of benzene rings is 1. The van der Waals surface area contributed by atoms with E-state index in [0.29, 0.717) is 28.3 Å². The summed E-state index contributed by atoms with van der Waals surface area (Å²) in [5.41, 5.74) is 0.636. The van der Waals surface area contributed by atoms with Gasteiger partial charge in [-0.05, 0) is 18.2 Å². The summed E-state index contributed by atoms with van der Waals surface area (Å²) in [5.74, 6) is 1.51. The molecule has 0 bridgehead atoms. The molecule has 0 amide bonds. The van der Waals surface area contributed by atoms with Gasteiger partial charge in [0.05, 0.1) is 5.75 Å². The fourth-order valence-electron chi connectivity index (χ4n) is 1.62. The van der Waals surface area contributed by atoms with E-state index in [2.05, 4.69) is 25.7 Å². The summed E-state index contributed by atoms with van der Waals surface area (Å²) in [6.45, 7) is 1.97. The number of nitrogens with zero attached hydrogens (tertiary/aromatic N) is 4. The van der Waals surface area contributed by atoms with Crippen LogP contribution in [0, 0.1) is 5.82 Å². The van der Waals surface area contributed by atoms with Crippen LogP contribution >= 0.6 is 23.1 Å². The minimum Gasteiger partial charge on any atom is -0.338 e. The summed E-state index contributed by atoms with van der Waals surface area (Å²) in [6, 6.07) is 6.19. The van der Waals surface area contributed by atoms with Gasteiger partial charge in [-0.1, -0.05) is 41.2 Å². The Labute approximate surface area is 134 Å². The third-order valence-corrected chi connectivity index (χ3v) is 4.58. The molecule has 0 unspecified atom stereocenters. The number of rotatable bonds is 6. The quantitative estimate of drug-likeness (QED) is 0.688. The number of aromatic nitrogens is 4. The molecular weight excluding hydrogens is 325 g/mol. The van der Waals surface area contributed by atoms with Crippen LogP contribution in [-0.4, -0.2) is 20.3 Å². The minimum absolute atomic E-state index is 0.299. The summed E-state index contributed by atoms with van der Waals surface area (Å²) >= 11 is 2.85. The first kappa shape index (κ1) is 14.9. The molecule has 0 radical (unpaired) electrons. The zero-order chi connectivity index (χ0) is 15.4. The molecule has 6 nitrogen and oxygen atoms in total. The second-order valence-electron chi connectivity index (χ2n) is 4.26. The molecule has 1 aromatic carbocycles. The molecule has 9 heteroatoms. The first-order valence-corrected chi connectivity index (χ1v) is 8.33. The highest BCUT2D eigenvalue weighted by molar-refractivity contribution is 8.00. The van der Waals surface area contributed by atoms with Crippen molar-refractivity contribution in [2.75, 3.05) is 5.32 Å². The Morgan fingerprint density at radius 2 is 2.27 bits per heavy atom. The molecule has 1 N–H and O–H groups in total. The predicted octanol–water partition coefficient (Wildman–Crippen LogP) is 3.66. The van der Waals surface area contributed by atoms with Crippen molar-refractivity contribution in [3.05, 3.63) is 41.8 Å². The van der Waals surface area contributed by atoms with E-state index in [9.17, 15) is 4.39 Å². The molecule has 114 valence electrons. The molecule has 0 aliphatic rings. The second-order valence-corrected chi connectivity index (χ2v) is 6.46. The highest BCUT2D eigenvalue weighted by Gasteiger charge is 2.09. The fourth-order valence-corrected chi connectivity index (χ4v) is 3.23. The fraction of sp³-hybridized carbons (Fsp3) is 0.231. The van der Waals surface area contributed by atoms with Crippen LogP contribution in [0.4, 0.5) is 15.2 Å². The van der Waals surface area contributed by atoms with Crippen molar-refractivity contribution in [2.24, 2.45) is 0 Å². The Kier molecular flexibility index (Phi) is 4.64. The Morgan fingerprint density at radius 1 is 1.36 bits per heavy atom. The minimum atomic E-state index is -0.299. The number of hydrogen-bond donors (Lipinski definition) is 1. The van der Waals surface area contributed by atoms with Crippen molar-refractivity contribution >= 4 is 33.9 Å². The van der Waals surface area contributed by atoms with Gasteiger partial charge in [-0.3, -0.25) is 0 Å². The van der Waals surface area contributed by atoms with Gasteiger partial charge in [0.2, 0.25) is 11.0 Å². The molecule has 22 heavy (non-hydrogen) atoms. The van der Waals surface area contributed by atoms with Gasteiger partial charge in [0, 0.05) is 12.1 Å². The van der Waals surface area contributed by atoms with Crippen LogP contribution in [0.15, 0.2) is 33.1 Å². The van der Waals surface area contributed by atoms with E-state index >= 15 is 0 Å². The maximum atomic E-state index is 13.1. The van der Waals surface area contributed by atoms with Crippen LogP contribution in [-0.2, 0) is 12.2 Å². The molecular formula is C13H12FN5OS2. The van der Waals surface area contributed by atoms with E-state index in [1.54, 1.807) is 12.1 Å². The molecule has 2 heterocycles. The molecule has 0 spiro atoms. The van der Waals surface area contributed by atoms with Gasteiger partial charge in [-0.15, -0.1) is 10.2 Å². The van der Waals surface area contributed by atoms with Crippen molar-refractivity contribution in [3.8, 4) is 0 Å². The Bertz CT molecular complexity index is 760. The van der Waals surface area contributed by atoms with Gasteiger partial charge in [0.25, 0.3) is 0 Å². The normalized spacial score (nSPS) is 10.8. The molecule has 0 aliphatic heterocycles. The molecule has 0 saturated carbocycles. The van der Waals surface area contributed by atoms with E-state index < -0.39 is 0 Å². The lowest BCUT2D eigenvalue weighted by Crippen LogP contribution is -1.89. The SMILES string of the molecule is CCc1noc(CSc2nnc(Nc3cccc(F)c3)s2)n1. The van der Waals surface area contributed by atoms with Crippen LogP contribution < -0.4 is 5.32 Å². The van der Waals surface area contributed by atoms with Gasteiger partial charge in [0.1, 0.15) is 5.82 Å². The predicted molar refractivity (Wildman–Crippen MR) is 82.8 cm³/mol. The molecule has 0 fully saturated rings. The number of hydrogen-bond acceptors (Lipinski definition) is 8. The average molecular weight is 337 g/mol. The van der Waals surface area contributed by atoms with Gasteiger partial charge in [-0.2, -0.15) is 4.98 Å². The number of thioether (sulfide) groups is 1. The van der Waals surface area contributed by atoms with E-state index in [1.165, 1.54) is 35.2 Å². The van der Waals surface area contributed by atoms with Gasteiger partial charge < -0.3 is 9.84 Å². The third kappa shape index (κ3) is 3.80. The Morgan fingerprint density at radius 3 is 3.05 bits per heavy atom. The average Bonchev–Trinajstić information content (AvgIpc) is 3.14.